The van der Waals surface area contributed by atoms with Crippen LogP contribution in [-0.2, 0) is 9.47 Å². The number of carbonyl (C=O) groups is 2. The van der Waals surface area contributed by atoms with E-state index >= 15 is 0 Å². The standard InChI is InChI=1S/C12H15NO4S/c1-16-9-5-13(6-10(9)17-2)12(15)11-4-3-8(7-14)18-11/h3-4,7,9-10H,5-6H2,1-2H3. The fourth-order valence-electron chi connectivity index (χ4n) is 2.05. The van der Waals surface area contributed by atoms with Crippen molar-refractivity contribution in [3.8, 4) is 0 Å². The molecule has 1 amide bonds. The Morgan fingerprint density at radius 2 is 1.94 bits per heavy atom. The number of ether oxygens (including phenoxy) is 2. The van der Waals surface area contributed by atoms with Crippen molar-refractivity contribution in [2.45, 2.75) is 12.2 Å². The van der Waals surface area contributed by atoms with Crippen molar-refractivity contribution in [2.24, 2.45) is 0 Å². The molecule has 98 valence electrons. The van der Waals surface area contributed by atoms with Crippen molar-refractivity contribution in [1.82, 2.24) is 4.90 Å². The molecule has 1 aromatic rings. The normalized spacial score (nSPS) is 23.3. The summed E-state index contributed by atoms with van der Waals surface area (Å²) >= 11 is 1.20. The molecule has 1 aromatic heterocycles. The Bertz CT molecular complexity index is 433. The zero-order valence-electron chi connectivity index (χ0n) is 10.3. The Kier molecular flexibility index (Phi) is 4.11. The van der Waals surface area contributed by atoms with Crippen molar-refractivity contribution in [3.63, 3.8) is 0 Å². The number of amides is 1. The number of nitrogens with zero attached hydrogens (tertiary/aromatic N) is 1. The smallest absolute Gasteiger partial charge is 0.264 e. The van der Waals surface area contributed by atoms with Crippen LogP contribution >= 0.6 is 11.3 Å². The van der Waals surface area contributed by atoms with E-state index in [-0.39, 0.29) is 18.1 Å². The van der Waals surface area contributed by atoms with Crippen LogP contribution < -0.4 is 0 Å². The molecule has 1 saturated heterocycles. The van der Waals surface area contributed by atoms with Crippen molar-refractivity contribution in [3.05, 3.63) is 21.9 Å². The van der Waals surface area contributed by atoms with Crippen LogP contribution in [0.5, 0.6) is 0 Å². The van der Waals surface area contributed by atoms with Crippen molar-refractivity contribution in [2.75, 3.05) is 27.3 Å². The average Bonchev–Trinajstić information content (AvgIpc) is 3.03. The summed E-state index contributed by atoms with van der Waals surface area (Å²) in [5.74, 6) is -0.0744. The predicted molar refractivity (Wildman–Crippen MR) is 67.2 cm³/mol. The third-order valence-electron chi connectivity index (χ3n) is 3.06. The summed E-state index contributed by atoms with van der Waals surface area (Å²) < 4.78 is 10.6. The lowest BCUT2D eigenvalue weighted by molar-refractivity contribution is -0.00461. The lowest BCUT2D eigenvalue weighted by Crippen LogP contribution is -2.29. The van der Waals surface area contributed by atoms with Gasteiger partial charge in [0.25, 0.3) is 5.91 Å². The summed E-state index contributed by atoms with van der Waals surface area (Å²) in [5, 5.41) is 0. The van der Waals surface area contributed by atoms with Crippen LogP contribution in [0.2, 0.25) is 0 Å². The second kappa shape index (κ2) is 5.60. The molecule has 6 heteroatoms. The summed E-state index contributed by atoms with van der Waals surface area (Å²) in [4.78, 5) is 25.6. The molecular formula is C12H15NO4S. The molecule has 1 aliphatic rings. The van der Waals surface area contributed by atoms with E-state index in [0.29, 0.717) is 22.8 Å². The highest BCUT2D eigenvalue weighted by atomic mass is 32.1. The summed E-state index contributed by atoms with van der Waals surface area (Å²) in [5.41, 5.74) is 0. The Hall–Kier alpha value is -1.24. The molecule has 2 rings (SSSR count). The maximum absolute atomic E-state index is 12.2. The largest absolute Gasteiger partial charge is 0.377 e. The molecule has 2 heterocycles. The van der Waals surface area contributed by atoms with Crippen LogP contribution in [0.3, 0.4) is 0 Å². The molecule has 0 bridgehead atoms. The Balaban J connectivity index is 2.08. The van der Waals surface area contributed by atoms with Gasteiger partial charge >= 0.3 is 0 Å². The van der Waals surface area contributed by atoms with Gasteiger partial charge in [-0.25, -0.2) is 0 Å². The minimum atomic E-state index is -0.0931. The van der Waals surface area contributed by atoms with Gasteiger partial charge in [-0.05, 0) is 12.1 Å². The zero-order chi connectivity index (χ0) is 13.1. The number of aldehydes is 1. The second-order valence-electron chi connectivity index (χ2n) is 4.08. The van der Waals surface area contributed by atoms with Gasteiger partial charge in [0.1, 0.15) is 12.2 Å². The summed E-state index contributed by atoms with van der Waals surface area (Å²) in [7, 11) is 3.22. The van der Waals surface area contributed by atoms with Gasteiger partial charge in [0, 0.05) is 27.3 Å². The quantitative estimate of drug-likeness (QED) is 0.767. The molecule has 0 N–H and O–H groups in total. The van der Waals surface area contributed by atoms with Crippen LogP contribution in [0.4, 0.5) is 0 Å². The highest BCUT2D eigenvalue weighted by Crippen LogP contribution is 2.22. The highest BCUT2D eigenvalue weighted by molar-refractivity contribution is 7.15. The summed E-state index contributed by atoms with van der Waals surface area (Å²) in [6.45, 7) is 1.03. The SMILES string of the molecule is COC1CN(C(=O)c2ccc(C=O)s2)CC1OC. The van der Waals surface area contributed by atoms with Gasteiger partial charge < -0.3 is 14.4 Å². The van der Waals surface area contributed by atoms with E-state index in [9.17, 15) is 9.59 Å². The molecule has 1 aliphatic heterocycles. The molecule has 18 heavy (non-hydrogen) atoms. The maximum atomic E-state index is 12.2. The number of hydrogen-bond acceptors (Lipinski definition) is 5. The van der Waals surface area contributed by atoms with E-state index in [4.69, 9.17) is 9.47 Å². The second-order valence-corrected chi connectivity index (χ2v) is 5.19. The minimum Gasteiger partial charge on any atom is -0.377 e. The molecule has 1 fully saturated rings. The van der Waals surface area contributed by atoms with Crippen molar-refractivity contribution in [1.29, 1.82) is 0 Å². The average molecular weight is 269 g/mol. The number of methoxy groups -OCH3 is 2. The van der Waals surface area contributed by atoms with Crippen molar-refractivity contribution < 1.29 is 19.1 Å². The minimum absolute atomic E-state index is 0.0744. The highest BCUT2D eigenvalue weighted by Gasteiger charge is 2.36. The fraction of sp³-hybridized carbons (Fsp3) is 0.500. The van der Waals surface area contributed by atoms with Crippen LogP contribution in [0, 0.1) is 0 Å². The Morgan fingerprint density at radius 3 is 2.39 bits per heavy atom. The topological polar surface area (TPSA) is 55.8 Å². The molecule has 0 aliphatic carbocycles. The monoisotopic (exact) mass is 269 g/mol. The number of likely N-dealkylation sites (tertiary alicyclic amines) is 1. The first kappa shape index (κ1) is 13.2. The Labute approximate surface area is 109 Å². The number of carbonyl (C=O) groups excluding carboxylic acids is 2. The first-order chi connectivity index (χ1) is 8.69. The molecule has 0 radical (unpaired) electrons. The van der Waals surface area contributed by atoms with E-state index in [1.165, 1.54) is 11.3 Å². The van der Waals surface area contributed by atoms with E-state index in [1.807, 2.05) is 0 Å². The van der Waals surface area contributed by atoms with E-state index < -0.39 is 0 Å². The third-order valence-corrected chi connectivity index (χ3v) is 4.06. The van der Waals surface area contributed by atoms with Crippen LogP contribution in [-0.4, -0.2) is 56.6 Å². The zero-order valence-corrected chi connectivity index (χ0v) is 11.1. The summed E-state index contributed by atoms with van der Waals surface area (Å²) in [6.07, 6.45) is 0.565. The predicted octanol–water partition coefficient (Wildman–Crippen LogP) is 1.05. The van der Waals surface area contributed by atoms with Crippen LogP contribution in [0.25, 0.3) is 0 Å². The molecule has 0 saturated carbocycles. The number of hydrogen-bond donors (Lipinski definition) is 0. The van der Waals surface area contributed by atoms with E-state index in [1.54, 1.807) is 31.3 Å². The van der Waals surface area contributed by atoms with Crippen molar-refractivity contribution >= 4 is 23.5 Å². The fourth-order valence-corrected chi connectivity index (χ4v) is 2.84. The molecule has 2 atom stereocenters. The van der Waals surface area contributed by atoms with Gasteiger partial charge in [0.15, 0.2) is 6.29 Å². The molecule has 5 nitrogen and oxygen atoms in total. The van der Waals surface area contributed by atoms with Crippen LogP contribution in [0.1, 0.15) is 19.3 Å². The van der Waals surface area contributed by atoms with Gasteiger partial charge in [0.05, 0.1) is 9.75 Å². The molecular weight excluding hydrogens is 254 g/mol. The number of rotatable bonds is 4. The van der Waals surface area contributed by atoms with Gasteiger partial charge in [-0.3, -0.25) is 9.59 Å². The maximum Gasteiger partial charge on any atom is 0.264 e. The molecule has 0 aromatic carbocycles. The summed E-state index contributed by atoms with van der Waals surface area (Å²) in [6, 6.07) is 3.33. The first-order valence-corrected chi connectivity index (χ1v) is 6.41. The van der Waals surface area contributed by atoms with Crippen LogP contribution in [0.15, 0.2) is 12.1 Å². The van der Waals surface area contributed by atoms with Gasteiger partial charge in [0.2, 0.25) is 0 Å². The van der Waals surface area contributed by atoms with E-state index in [2.05, 4.69) is 0 Å². The van der Waals surface area contributed by atoms with Gasteiger partial charge in [-0.15, -0.1) is 11.3 Å². The third kappa shape index (κ3) is 2.45. The first-order valence-electron chi connectivity index (χ1n) is 5.59. The lowest BCUT2D eigenvalue weighted by atomic mass is 10.3. The molecule has 0 spiro atoms. The van der Waals surface area contributed by atoms with E-state index in [0.717, 1.165) is 6.29 Å². The van der Waals surface area contributed by atoms with Gasteiger partial charge in [-0.2, -0.15) is 0 Å². The molecule has 2 unspecified atom stereocenters. The lowest BCUT2D eigenvalue weighted by Gasteiger charge is -2.14. The Morgan fingerprint density at radius 1 is 1.33 bits per heavy atom. The number of thiophene rings is 1. The van der Waals surface area contributed by atoms with Gasteiger partial charge in [-0.1, -0.05) is 0 Å².